The number of rotatable bonds is 5. The molecule has 0 saturated carbocycles. The number of nitro benzene ring substituents is 1. The first-order valence-corrected chi connectivity index (χ1v) is 6.95. The van der Waals surface area contributed by atoms with Crippen LogP contribution in [0.15, 0.2) is 18.2 Å². The number of piperidine rings is 1. The van der Waals surface area contributed by atoms with E-state index in [1.54, 1.807) is 0 Å². The van der Waals surface area contributed by atoms with E-state index < -0.39 is 10.7 Å². The van der Waals surface area contributed by atoms with Crippen molar-refractivity contribution >= 4 is 5.69 Å². The van der Waals surface area contributed by atoms with Gasteiger partial charge < -0.3 is 5.73 Å². The summed E-state index contributed by atoms with van der Waals surface area (Å²) in [4.78, 5) is 12.4. The van der Waals surface area contributed by atoms with Gasteiger partial charge in [0.15, 0.2) is 0 Å². The monoisotopic (exact) mass is 281 g/mol. The van der Waals surface area contributed by atoms with Gasteiger partial charge in [-0.25, -0.2) is 4.39 Å². The summed E-state index contributed by atoms with van der Waals surface area (Å²) < 4.78 is 13.4. The molecular formula is C14H20FN3O2. The number of nitrogens with two attached hydrogens (primary N) is 1. The molecule has 20 heavy (non-hydrogen) atoms. The summed E-state index contributed by atoms with van der Waals surface area (Å²) in [5.41, 5.74) is 6.06. The van der Waals surface area contributed by atoms with Crippen molar-refractivity contribution in [2.75, 3.05) is 19.6 Å². The maximum Gasteiger partial charge on any atom is 0.272 e. The highest BCUT2D eigenvalue weighted by molar-refractivity contribution is 5.35. The predicted octanol–water partition coefficient (Wildman–Crippen LogP) is 2.29. The summed E-state index contributed by atoms with van der Waals surface area (Å²) in [6.45, 7) is 3.12. The molecule has 2 rings (SSSR count). The number of hydrogen-bond acceptors (Lipinski definition) is 4. The molecular weight excluding hydrogens is 261 g/mol. The Morgan fingerprint density at radius 1 is 1.45 bits per heavy atom. The third-order valence-electron chi connectivity index (χ3n) is 3.74. The van der Waals surface area contributed by atoms with Crippen LogP contribution in [-0.4, -0.2) is 29.5 Å². The molecule has 0 radical (unpaired) electrons. The van der Waals surface area contributed by atoms with Crippen LogP contribution in [-0.2, 0) is 6.54 Å². The molecule has 0 amide bonds. The second-order valence-corrected chi connectivity index (χ2v) is 5.40. The van der Waals surface area contributed by atoms with E-state index in [-0.39, 0.29) is 5.69 Å². The fraction of sp³-hybridized carbons (Fsp3) is 0.571. The van der Waals surface area contributed by atoms with Crippen LogP contribution >= 0.6 is 0 Å². The molecule has 1 aliphatic heterocycles. The van der Waals surface area contributed by atoms with E-state index in [4.69, 9.17) is 5.73 Å². The van der Waals surface area contributed by atoms with Gasteiger partial charge in [-0.05, 0) is 49.9 Å². The smallest absolute Gasteiger partial charge is 0.272 e. The van der Waals surface area contributed by atoms with E-state index in [9.17, 15) is 14.5 Å². The molecule has 1 aromatic rings. The SMILES string of the molecule is NCCC1CCCN(Cc2cc(F)cc([N+](=O)[O-])c2)C1. The second kappa shape index (κ2) is 6.76. The molecule has 1 fully saturated rings. The fourth-order valence-electron chi connectivity index (χ4n) is 2.85. The van der Waals surface area contributed by atoms with Gasteiger partial charge in [-0.1, -0.05) is 0 Å². The van der Waals surface area contributed by atoms with Gasteiger partial charge in [0.1, 0.15) is 5.82 Å². The van der Waals surface area contributed by atoms with Gasteiger partial charge in [0.2, 0.25) is 0 Å². The molecule has 1 unspecified atom stereocenters. The van der Waals surface area contributed by atoms with E-state index in [1.807, 2.05) is 0 Å². The highest BCUT2D eigenvalue weighted by atomic mass is 19.1. The van der Waals surface area contributed by atoms with Crippen LogP contribution in [0, 0.1) is 21.8 Å². The third-order valence-corrected chi connectivity index (χ3v) is 3.74. The lowest BCUT2D eigenvalue weighted by Gasteiger charge is -2.32. The van der Waals surface area contributed by atoms with Crippen molar-refractivity contribution in [2.45, 2.75) is 25.8 Å². The van der Waals surface area contributed by atoms with Crippen molar-refractivity contribution in [3.05, 3.63) is 39.7 Å². The molecule has 2 N–H and O–H groups in total. The van der Waals surface area contributed by atoms with Crippen LogP contribution in [0.5, 0.6) is 0 Å². The fourth-order valence-corrected chi connectivity index (χ4v) is 2.85. The van der Waals surface area contributed by atoms with Crippen LogP contribution in [0.3, 0.4) is 0 Å². The van der Waals surface area contributed by atoms with Crippen molar-refractivity contribution in [3.63, 3.8) is 0 Å². The Hall–Kier alpha value is -1.53. The number of likely N-dealkylation sites (tertiary alicyclic amines) is 1. The Bertz CT molecular complexity index is 479. The molecule has 1 aromatic carbocycles. The molecule has 1 saturated heterocycles. The zero-order valence-corrected chi connectivity index (χ0v) is 11.4. The molecule has 0 spiro atoms. The summed E-state index contributed by atoms with van der Waals surface area (Å²) in [6.07, 6.45) is 3.28. The van der Waals surface area contributed by atoms with Gasteiger partial charge in [-0.3, -0.25) is 15.0 Å². The summed E-state index contributed by atoms with van der Waals surface area (Å²) in [6, 6.07) is 3.78. The Morgan fingerprint density at radius 2 is 2.25 bits per heavy atom. The highest BCUT2D eigenvalue weighted by Crippen LogP contribution is 2.23. The van der Waals surface area contributed by atoms with Gasteiger partial charge in [0, 0.05) is 19.2 Å². The first-order valence-electron chi connectivity index (χ1n) is 6.95. The first kappa shape index (κ1) is 14.9. The number of non-ortho nitro benzene ring substituents is 1. The van der Waals surface area contributed by atoms with E-state index in [0.717, 1.165) is 32.0 Å². The molecule has 6 heteroatoms. The lowest BCUT2D eigenvalue weighted by molar-refractivity contribution is -0.385. The predicted molar refractivity (Wildman–Crippen MR) is 74.7 cm³/mol. The molecule has 1 heterocycles. The largest absolute Gasteiger partial charge is 0.330 e. The molecule has 5 nitrogen and oxygen atoms in total. The molecule has 1 atom stereocenters. The van der Waals surface area contributed by atoms with Gasteiger partial charge in [-0.2, -0.15) is 0 Å². The summed E-state index contributed by atoms with van der Waals surface area (Å²) >= 11 is 0. The van der Waals surface area contributed by atoms with Crippen molar-refractivity contribution in [2.24, 2.45) is 11.7 Å². The Kier molecular flexibility index (Phi) is 5.03. The lowest BCUT2D eigenvalue weighted by atomic mass is 9.94. The second-order valence-electron chi connectivity index (χ2n) is 5.40. The highest BCUT2D eigenvalue weighted by Gasteiger charge is 2.20. The van der Waals surface area contributed by atoms with Crippen LogP contribution in [0.25, 0.3) is 0 Å². The molecule has 0 aliphatic carbocycles. The summed E-state index contributed by atoms with van der Waals surface area (Å²) in [5.74, 6) is 0.0296. The zero-order chi connectivity index (χ0) is 14.5. The van der Waals surface area contributed by atoms with Gasteiger partial charge in [-0.15, -0.1) is 0 Å². The van der Waals surface area contributed by atoms with Crippen LogP contribution in [0.1, 0.15) is 24.8 Å². The first-order chi connectivity index (χ1) is 9.58. The van der Waals surface area contributed by atoms with Crippen molar-refractivity contribution in [3.8, 4) is 0 Å². The van der Waals surface area contributed by atoms with Gasteiger partial charge in [0.05, 0.1) is 11.0 Å². The number of nitro groups is 1. The van der Waals surface area contributed by atoms with Crippen LogP contribution in [0.2, 0.25) is 0 Å². The average molecular weight is 281 g/mol. The maximum absolute atomic E-state index is 13.4. The maximum atomic E-state index is 13.4. The van der Waals surface area contributed by atoms with Gasteiger partial charge >= 0.3 is 0 Å². The minimum Gasteiger partial charge on any atom is -0.330 e. The molecule has 0 aromatic heterocycles. The van der Waals surface area contributed by atoms with Crippen LogP contribution < -0.4 is 5.73 Å². The standard InChI is InChI=1S/C14H20FN3O2/c15-13-6-12(7-14(8-13)18(19)20)10-17-5-1-2-11(9-17)3-4-16/h6-8,11H,1-5,9-10,16H2. The summed E-state index contributed by atoms with van der Waals surface area (Å²) in [5, 5.41) is 10.7. The Balaban J connectivity index is 2.03. The lowest BCUT2D eigenvalue weighted by Crippen LogP contribution is -2.35. The van der Waals surface area contributed by atoms with Crippen molar-refractivity contribution < 1.29 is 9.31 Å². The third kappa shape index (κ3) is 3.98. The minimum absolute atomic E-state index is 0.185. The molecule has 110 valence electrons. The normalized spacial score (nSPS) is 20.0. The van der Waals surface area contributed by atoms with E-state index in [2.05, 4.69) is 4.90 Å². The van der Waals surface area contributed by atoms with Crippen molar-refractivity contribution in [1.29, 1.82) is 0 Å². The van der Waals surface area contributed by atoms with E-state index >= 15 is 0 Å². The topological polar surface area (TPSA) is 72.4 Å². The number of benzene rings is 1. The Labute approximate surface area is 117 Å². The van der Waals surface area contributed by atoms with E-state index in [0.29, 0.717) is 24.6 Å². The molecule has 1 aliphatic rings. The number of halogens is 1. The molecule has 0 bridgehead atoms. The minimum atomic E-state index is -0.556. The number of hydrogen-bond donors (Lipinski definition) is 1. The quantitative estimate of drug-likeness (QED) is 0.664. The average Bonchev–Trinajstić information content (AvgIpc) is 2.38. The van der Waals surface area contributed by atoms with E-state index in [1.165, 1.54) is 18.6 Å². The number of nitrogens with zero attached hydrogens (tertiary/aromatic N) is 2. The zero-order valence-electron chi connectivity index (χ0n) is 11.4. The Morgan fingerprint density at radius 3 is 2.95 bits per heavy atom. The van der Waals surface area contributed by atoms with Gasteiger partial charge in [0.25, 0.3) is 5.69 Å². The van der Waals surface area contributed by atoms with Crippen LogP contribution in [0.4, 0.5) is 10.1 Å². The summed E-state index contributed by atoms with van der Waals surface area (Å²) in [7, 11) is 0. The van der Waals surface area contributed by atoms with Crippen molar-refractivity contribution in [1.82, 2.24) is 4.90 Å².